The van der Waals surface area contributed by atoms with Crippen molar-refractivity contribution in [2.75, 3.05) is 13.7 Å². The second-order valence-electron chi connectivity index (χ2n) is 5.67. The Kier molecular flexibility index (Phi) is 5.53. The van der Waals surface area contributed by atoms with Gasteiger partial charge in [0.2, 0.25) is 0 Å². The third-order valence-electron chi connectivity index (χ3n) is 3.39. The number of piperidine rings is 1. The fraction of sp³-hybridized carbons (Fsp3) is 0.786. The lowest BCUT2D eigenvalue weighted by atomic mass is 10.0. The molecular formula is C14H24N2O4. The minimum atomic E-state index is -0.744. The number of hydrogen-bond donors (Lipinski definition) is 1. The smallest absolute Gasteiger partial charge is 0.411 e. The van der Waals surface area contributed by atoms with Gasteiger partial charge in [-0.05, 0) is 20.3 Å². The van der Waals surface area contributed by atoms with E-state index in [0.29, 0.717) is 18.7 Å². The van der Waals surface area contributed by atoms with E-state index in [2.05, 4.69) is 0 Å². The number of esters is 1. The van der Waals surface area contributed by atoms with Crippen LogP contribution in [-0.4, -0.2) is 48.0 Å². The number of nitrogens with one attached hydrogen (secondary N) is 1. The molecule has 1 rings (SSSR count). The normalized spacial score (nSPS) is 19.7. The first-order chi connectivity index (χ1) is 9.30. The van der Waals surface area contributed by atoms with Gasteiger partial charge in [-0.2, -0.15) is 0 Å². The molecule has 0 aromatic rings. The molecule has 0 unspecified atom stereocenters. The van der Waals surface area contributed by atoms with Gasteiger partial charge in [-0.1, -0.05) is 13.3 Å². The number of ether oxygens (including phenoxy) is 2. The molecular weight excluding hydrogens is 260 g/mol. The monoisotopic (exact) mass is 284 g/mol. The molecule has 6 nitrogen and oxygen atoms in total. The lowest BCUT2D eigenvalue weighted by Gasteiger charge is -2.36. The number of rotatable bonds is 4. The van der Waals surface area contributed by atoms with Gasteiger partial charge in [0, 0.05) is 25.1 Å². The van der Waals surface area contributed by atoms with Crippen molar-refractivity contribution < 1.29 is 19.1 Å². The zero-order chi connectivity index (χ0) is 15.3. The van der Waals surface area contributed by atoms with Gasteiger partial charge in [-0.3, -0.25) is 4.90 Å². The van der Waals surface area contributed by atoms with Gasteiger partial charge >= 0.3 is 12.1 Å². The highest BCUT2D eigenvalue weighted by molar-refractivity contribution is 5.92. The largest absolute Gasteiger partial charge is 0.467 e. The molecule has 20 heavy (non-hydrogen) atoms. The van der Waals surface area contributed by atoms with Crippen molar-refractivity contribution >= 4 is 17.8 Å². The predicted octanol–water partition coefficient (Wildman–Crippen LogP) is 2.36. The number of methoxy groups -OCH3 is 1. The van der Waals surface area contributed by atoms with E-state index in [1.807, 2.05) is 20.8 Å². The molecule has 1 amide bonds. The average Bonchev–Trinajstić information content (AvgIpc) is 2.36. The van der Waals surface area contributed by atoms with Crippen LogP contribution in [0.25, 0.3) is 0 Å². The minimum Gasteiger partial charge on any atom is -0.467 e. The van der Waals surface area contributed by atoms with Crippen molar-refractivity contribution in [3.63, 3.8) is 0 Å². The van der Waals surface area contributed by atoms with Gasteiger partial charge < -0.3 is 14.9 Å². The molecule has 1 fully saturated rings. The molecule has 1 N–H and O–H groups in total. The van der Waals surface area contributed by atoms with Crippen LogP contribution in [0.4, 0.5) is 4.79 Å². The van der Waals surface area contributed by atoms with Crippen LogP contribution in [0.1, 0.15) is 46.5 Å². The van der Waals surface area contributed by atoms with E-state index >= 15 is 0 Å². The highest BCUT2D eigenvalue weighted by atomic mass is 16.6. The van der Waals surface area contributed by atoms with Crippen LogP contribution in [0.3, 0.4) is 0 Å². The SMILES string of the molecule is CCCC(C)(C)OC(=O)N1CCC(=N)C[C@@H]1C(=O)OC. The van der Waals surface area contributed by atoms with E-state index in [9.17, 15) is 9.59 Å². The molecule has 0 aromatic heterocycles. The summed E-state index contributed by atoms with van der Waals surface area (Å²) in [6, 6.07) is -0.744. The quantitative estimate of drug-likeness (QED) is 0.804. The summed E-state index contributed by atoms with van der Waals surface area (Å²) in [6.45, 7) is 6.05. The summed E-state index contributed by atoms with van der Waals surface area (Å²) in [5.74, 6) is -0.500. The Bertz CT molecular complexity index is 393. The highest BCUT2D eigenvalue weighted by Crippen LogP contribution is 2.22. The zero-order valence-corrected chi connectivity index (χ0v) is 12.7. The number of likely N-dealkylation sites (tertiary alicyclic amines) is 1. The first-order valence-electron chi connectivity index (χ1n) is 6.94. The second-order valence-corrected chi connectivity index (χ2v) is 5.67. The van der Waals surface area contributed by atoms with E-state index < -0.39 is 23.7 Å². The number of hydrogen-bond acceptors (Lipinski definition) is 5. The van der Waals surface area contributed by atoms with Crippen molar-refractivity contribution in [1.82, 2.24) is 4.90 Å². The molecule has 0 aromatic carbocycles. The van der Waals surface area contributed by atoms with Crippen molar-refractivity contribution in [2.45, 2.75) is 58.1 Å². The van der Waals surface area contributed by atoms with Gasteiger partial charge in [-0.25, -0.2) is 9.59 Å². The van der Waals surface area contributed by atoms with Crippen molar-refractivity contribution in [2.24, 2.45) is 0 Å². The molecule has 1 aliphatic heterocycles. The number of carbonyl (C=O) groups excluding carboxylic acids is 2. The summed E-state index contributed by atoms with van der Waals surface area (Å²) in [4.78, 5) is 25.4. The van der Waals surface area contributed by atoms with E-state index in [1.165, 1.54) is 12.0 Å². The Morgan fingerprint density at radius 3 is 2.65 bits per heavy atom. The van der Waals surface area contributed by atoms with Crippen molar-refractivity contribution in [3.8, 4) is 0 Å². The number of nitrogens with zero attached hydrogens (tertiary/aromatic N) is 1. The maximum Gasteiger partial charge on any atom is 0.411 e. The van der Waals surface area contributed by atoms with E-state index in [4.69, 9.17) is 14.9 Å². The fourth-order valence-electron chi connectivity index (χ4n) is 2.37. The lowest BCUT2D eigenvalue weighted by Crippen LogP contribution is -2.52. The van der Waals surface area contributed by atoms with Crippen LogP contribution in [0.2, 0.25) is 0 Å². The number of carbonyl (C=O) groups is 2. The first kappa shape index (κ1) is 16.5. The Morgan fingerprint density at radius 1 is 1.45 bits per heavy atom. The molecule has 1 atom stereocenters. The van der Waals surface area contributed by atoms with Gasteiger partial charge in [0.1, 0.15) is 11.6 Å². The van der Waals surface area contributed by atoms with E-state index in [1.54, 1.807) is 0 Å². The highest BCUT2D eigenvalue weighted by Gasteiger charge is 2.37. The van der Waals surface area contributed by atoms with Crippen LogP contribution < -0.4 is 0 Å². The molecule has 114 valence electrons. The number of amides is 1. The Morgan fingerprint density at radius 2 is 2.10 bits per heavy atom. The summed E-state index contributed by atoms with van der Waals surface area (Å²) in [7, 11) is 1.28. The lowest BCUT2D eigenvalue weighted by molar-refractivity contribution is -0.147. The second kappa shape index (κ2) is 6.72. The third-order valence-corrected chi connectivity index (χ3v) is 3.39. The summed E-state index contributed by atoms with van der Waals surface area (Å²) < 4.78 is 10.2. The van der Waals surface area contributed by atoms with Crippen LogP contribution in [0, 0.1) is 5.41 Å². The molecule has 1 aliphatic rings. The van der Waals surface area contributed by atoms with E-state index in [0.717, 1.165) is 12.8 Å². The molecule has 1 saturated heterocycles. The topological polar surface area (TPSA) is 79.7 Å². The molecule has 6 heteroatoms. The maximum absolute atomic E-state index is 12.3. The van der Waals surface area contributed by atoms with Gasteiger partial charge in [0.25, 0.3) is 0 Å². The van der Waals surface area contributed by atoms with Crippen LogP contribution in [0.5, 0.6) is 0 Å². The minimum absolute atomic E-state index is 0.218. The van der Waals surface area contributed by atoms with Crippen LogP contribution in [-0.2, 0) is 14.3 Å². The zero-order valence-electron chi connectivity index (χ0n) is 12.7. The molecule has 0 bridgehead atoms. The van der Waals surface area contributed by atoms with Crippen molar-refractivity contribution in [3.05, 3.63) is 0 Å². The summed E-state index contributed by atoms with van der Waals surface area (Å²) >= 11 is 0. The predicted molar refractivity (Wildman–Crippen MR) is 74.9 cm³/mol. The van der Waals surface area contributed by atoms with Crippen molar-refractivity contribution in [1.29, 1.82) is 5.41 Å². The Hall–Kier alpha value is -1.59. The average molecular weight is 284 g/mol. The van der Waals surface area contributed by atoms with Crippen LogP contribution >= 0.6 is 0 Å². The van der Waals surface area contributed by atoms with Gasteiger partial charge in [0.15, 0.2) is 0 Å². The molecule has 0 aliphatic carbocycles. The van der Waals surface area contributed by atoms with Gasteiger partial charge in [-0.15, -0.1) is 0 Å². The summed E-state index contributed by atoms with van der Waals surface area (Å²) in [6.07, 6.45) is 1.84. The third kappa shape index (κ3) is 4.21. The van der Waals surface area contributed by atoms with E-state index in [-0.39, 0.29) is 6.42 Å². The molecule has 0 saturated carbocycles. The first-order valence-corrected chi connectivity index (χ1v) is 6.94. The van der Waals surface area contributed by atoms with Gasteiger partial charge in [0.05, 0.1) is 7.11 Å². The standard InChI is InChI=1S/C14H24N2O4/c1-5-7-14(2,3)20-13(18)16-8-6-10(15)9-11(16)12(17)19-4/h11,15H,5-9H2,1-4H3/t11-/m1/s1. The Balaban J connectivity index is 2.78. The molecule has 1 heterocycles. The maximum atomic E-state index is 12.3. The molecule has 0 radical (unpaired) electrons. The summed E-state index contributed by atoms with van der Waals surface area (Å²) in [5.41, 5.74) is -0.102. The fourth-order valence-corrected chi connectivity index (χ4v) is 2.37. The summed E-state index contributed by atoms with van der Waals surface area (Å²) in [5, 5.41) is 7.68. The van der Waals surface area contributed by atoms with Crippen LogP contribution in [0.15, 0.2) is 0 Å². The molecule has 0 spiro atoms. The Labute approximate surface area is 119 Å².